The molecule has 0 saturated heterocycles. The molecule has 1 atom stereocenters. The predicted octanol–water partition coefficient (Wildman–Crippen LogP) is 3.31. The predicted molar refractivity (Wildman–Crippen MR) is 78.0 cm³/mol. The molecular weight excluding hydrogens is 236 g/mol. The van der Waals surface area contributed by atoms with E-state index in [1.54, 1.807) is 6.20 Å². The summed E-state index contributed by atoms with van der Waals surface area (Å²) in [7, 11) is 0. The first-order chi connectivity index (χ1) is 9.24. The first kappa shape index (κ1) is 13.5. The molecule has 19 heavy (non-hydrogen) atoms. The van der Waals surface area contributed by atoms with Gasteiger partial charge in [-0.25, -0.2) is 9.97 Å². The molecule has 0 fully saturated rings. The first-order valence-corrected chi connectivity index (χ1v) is 6.78. The summed E-state index contributed by atoms with van der Waals surface area (Å²) < 4.78 is 0. The molecule has 0 aliphatic rings. The highest BCUT2D eigenvalue weighted by molar-refractivity contribution is 5.54. The van der Waals surface area contributed by atoms with Crippen molar-refractivity contribution in [2.24, 2.45) is 0 Å². The number of nitrogens with zero attached hydrogens (tertiary/aromatic N) is 3. The number of aromatic nitrogens is 3. The molecule has 0 bridgehead atoms. The van der Waals surface area contributed by atoms with E-state index < -0.39 is 0 Å². The van der Waals surface area contributed by atoms with Crippen LogP contribution in [-0.2, 0) is 6.42 Å². The van der Waals surface area contributed by atoms with Crippen molar-refractivity contribution in [2.45, 2.75) is 39.7 Å². The molecular formula is C15H20N4. The van der Waals surface area contributed by atoms with Crippen LogP contribution in [0.5, 0.6) is 0 Å². The van der Waals surface area contributed by atoms with E-state index >= 15 is 0 Å². The second kappa shape index (κ2) is 6.27. The van der Waals surface area contributed by atoms with Gasteiger partial charge < -0.3 is 5.32 Å². The average molecular weight is 256 g/mol. The second-order valence-electron chi connectivity index (χ2n) is 4.59. The number of aryl methyl sites for hydroxylation is 1. The van der Waals surface area contributed by atoms with Crippen LogP contribution in [0, 0.1) is 0 Å². The van der Waals surface area contributed by atoms with Crippen LogP contribution in [0.2, 0.25) is 0 Å². The smallest absolute Gasteiger partial charge is 0.180 e. The monoisotopic (exact) mass is 256 g/mol. The van der Waals surface area contributed by atoms with Gasteiger partial charge in [0, 0.05) is 24.0 Å². The van der Waals surface area contributed by atoms with Crippen molar-refractivity contribution in [2.75, 3.05) is 5.32 Å². The molecule has 0 amide bonds. The van der Waals surface area contributed by atoms with Crippen LogP contribution in [0.3, 0.4) is 0 Å². The molecule has 0 saturated carbocycles. The van der Waals surface area contributed by atoms with Gasteiger partial charge in [-0.2, -0.15) is 0 Å². The molecule has 0 aliphatic carbocycles. The molecule has 1 N–H and O–H groups in total. The van der Waals surface area contributed by atoms with Gasteiger partial charge in [0.2, 0.25) is 0 Å². The zero-order valence-corrected chi connectivity index (χ0v) is 11.7. The van der Waals surface area contributed by atoms with Crippen LogP contribution in [0.1, 0.15) is 32.8 Å². The molecule has 2 rings (SSSR count). The molecule has 4 heteroatoms. The highest BCUT2D eigenvalue weighted by Gasteiger charge is 2.09. The Morgan fingerprint density at radius 1 is 1.21 bits per heavy atom. The first-order valence-electron chi connectivity index (χ1n) is 6.78. The Morgan fingerprint density at radius 2 is 2.05 bits per heavy atom. The summed E-state index contributed by atoms with van der Waals surface area (Å²) >= 11 is 0. The third kappa shape index (κ3) is 3.28. The van der Waals surface area contributed by atoms with Crippen molar-refractivity contribution in [1.82, 2.24) is 15.0 Å². The van der Waals surface area contributed by atoms with Gasteiger partial charge >= 0.3 is 0 Å². The summed E-state index contributed by atoms with van der Waals surface area (Å²) in [5.74, 6) is 1.59. The highest BCUT2D eigenvalue weighted by Crippen LogP contribution is 2.19. The Morgan fingerprint density at radius 3 is 2.68 bits per heavy atom. The summed E-state index contributed by atoms with van der Waals surface area (Å²) in [4.78, 5) is 13.3. The minimum absolute atomic E-state index is 0.400. The largest absolute Gasteiger partial charge is 0.367 e. The Bertz CT molecular complexity index is 525. The van der Waals surface area contributed by atoms with Gasteiger partial charge in [0.05, 0.1) is 0 Å². The summed E-state index contributed by atoms with van der Waals surface area (Å²) in [6.45, 7) is 6.42. The van der Waals surface area contributed by atoms with E-state index in [-0.39, 0.29) is 0 Å². The van der Waals surface area contributed by atoms with Crippen molar-refractivity contribution in [1.29, 1.82) is 0 Å². The molecule has 0 spiro atoms. The third-order valence-corrected chi connectivity index (χ3v) is 3.13. The van der Waals surface area contributed by atoms with Gasteiger partial charge in [0.25, 0.3) is 0 Å². The van der Waals surface area contributed by atoms with Crippen LogP contribution >= 0.6 is 0 Å². The normalized spacial score (nSPS) is 12.2. The van der Waals surface area contributed by atoms with E-state index in [4.69, 9.17) is 0 Å². The molecule has 0 radical (unpaired) electrons. The maximum atomic E-state index is 4.62. The fourth-order valence-electron chi connectivity index (χ4n) is 1.74. The molecule has 0 aliphatic heterocycles. The van der Waals surface area contributed by atoms with Crippen molar-refractivity contribution >= 4 is 5.82 Å². The minimum atomic E-state index is 0.400. The number of pyridine rings is 1. The highest BCUT2D eigenvalue weighted by atomic mass is 15.1. The van der Waals surface area contributed by atoms with E-state index in [0.29, 0.717) is 11.9 Å². The van der Waals surface area contributed by atoms with Gasteiger partial charge in [-0.15, -0.1) is 0 Å². The molecule has 2 aromatic heterocycles. The Balaban J connectivity index is 2.35. The van der Waals surface area contributed by atoms with Crippen molar-refractivity contribution in [3.8, 4) is 11.5 Å². The van der Waals surface area contributed by atoms with Gasteiger partial charge in [-0.3, -0.25) is 4.98 Å². The lowest BCUT2D eigenvalue weighted by atomic mass is 10.2. The van der Waals surface area contributed by atoms with E-state index in [0.717, 1.165) is 29.9 Å². The lowest BCUT2D eigenvalue weighted by Crippen LogP contribution is -2.16. The fraction of sp³-hybridized carbons (Fsp3) is 0.400. The number of hydrogen-bond acceptors (Lipinski definition) is 4. The van der Waals surface area contributed by atoms with Crippen LogP contribution in [0.15, 0.2) is 30.6 Å². The Hall–Kier alpha value is -1.97. The standard InChI is InChI=1S/C15H20N4/c1-4-11(3)18-14-12(5-2)10-17-15(19-14)13-8-6-7-9-16-13/h6-11H,4-5H2,1-3H3,(H,17,18,19). The molecule has 4 nitrogen and oxygen atoms in total. The maximum Gasteiger partial charge on any atom is 0.180 e. The van der Waals surface area contributed by atoms with Gasteiger partial charge in [0.15, 0.2) is 5.82 Å². The SMILES string of the molecule is CCc1cnc(-c2ccccn2)nc1NC(C)CC. The van der Waals surface area contributed by atoms with Crippen LogP contribution in [-0.4, -0.2) is 21.0 Å². The zero-order valence-electron chi connectivity index (χ0n) is 11.7. The van der Waals surface area contributed by atoms with E-state index in [2.05, 4.69) is 41.0 Å². The molecule has 100 valence electrons. The summed E-state index contributed by atoms with van der Waals surface area (Å²) in [6.07, 6.45) is 5.63. The molecule has 0 aromatic carbocycles. The summed E-state index contributed by atoms with van der Waals surface area (Å²) in [5.41, 5.74) is 1.94. The van der Waals surface area contributed by atoms with Crippen LogP contribution < -0.4 is 5.32 Å². The van der Waals surface area contributed by atoms with Crippen molar-refractivity contribution in [3.05, 3.63) is 36.2 Å². The summed E-state index contributed by atoms with van der Waals surface area (Å²) in [6, 6.07) is 6.16. The molecule has 1 unspecified atom stereocenters. The van der Waals surface area contributed by atoms with Crippen molar-refractivity contribution in [3.63, 3.8) is 0 Å². The van der Waals surface area contributed by atoms with Crippen LogP contribution in [0.25, 0.3) is 11.5 Å². The van der Waals surface area contributed by atoms with Gasteiger partial charge in [-0.1, -0.05) is 19.9 Å². The van der Waals surface area contributed by atoms with Crippen LogP contribution in [0.4, 0.5) is 5.82 Å². The van der Waals surface area contributed by atoms with Gasteiger partial charge in [0.1, 0.15) is 11.5 Å². The topological polar surface area (TPSA) is 50.7 Å². The lowest BCUT2D eigenvalue weighted by Gasteiger charge is -2.15. The average Bonchev–Trinajstić information content (AvgIpc) is 2.48. The number of nitrogens with one attached hydrogen (secondary N) is 1. The summed E-state index contributed by atoms with van der Waals surface area (Å²) in [5, 5.41) is 3.44. The number of anilines is 1. The van der Waals surface area contributed by atoms with Gasteiger partial charge in [-0.05, 0) is 31.9 Å². The second-order valence-corrected chi connectivity index (χ2v) is 4.59. The minimum Gasteiger partial charge on any atom is -0.367 e. The number of rotatable bonds is 5. The van der Waals surface area contributed by atoms with E-state index in [1.807, 2.05) is 24.4 Å². The van der Waals surface area contributed by atoms with E-state index in [1.165, 1.54) is 0 Å². The molecule has 2 heterocycles. The maximum absolute atomic E-state index is 4.62. The molecule has 2 aromatic rings. The van der Waals surface area contributed by atoms with Crippen molar-refractivity contribution < 1.29 is 0 Å². The quantitative estimate of drug-likeness (QED) is 0.891. The zero-order chi connectivity index (χ0) is 13.7. The third-order valence-electron chi connectivity index (χ3n) is 3.13. The number of hydrogen-bond donors (Lipinski definition) is 1. The Labute approximate surface area is 114 Å². The fourth-order valence-corrected chi connectivity index (χ4v) is 1.74. The van der Waals surface area contributed by atoms with E-state index in [9.17, 15) is 0 Å². The Kier molecular flexibility index (Phi) is 4.44. The lowest BCUT2D eigenvalue weighted by molar-refractivity contribution is 0.755.